The number of aromatic nitrogens is 2. The van der Waals surface area contributed by atoms with Gasteiger partial charge in [0, 0.05) is 23.5 Å². The van der Waals surface area contributed by atoms with Crippen LogP contribution in [0.3, 0.4) is 0 Å². The van der Waals surface area contributed by atoms with Crippen molar-refractivity contribution in [2.75, 3.05) is 6.54 Å². The molecule has 0 saturated carbocycles. The fraction of sp³-hybridized carbons (Fsp3) is 0.273. The third kappa shape index (κ3) is 2.40. The lowest BCUT2D eigenvalue weighted by Gasteiger charge is -2.15. The maximum Gasteiger partial charge on any atom is 0.0794 e. The zero-order chi connectivity index (χ0) is 10.5. The Morgan fingerprint density at radius 2 is 2.33 bits per heavy atom. The van der Waals surface area contributed by atoms with Gasteiger partial charge >= 0.3 is 0 Å². The highest BCUT2D eigenvalue weighted by Crippen LogP contribution is 2.23. The highest BCUT2D eigenvalue weighted by molar-refractivity contribution is 7.09. The second-order valence-electron chi connectivity index (χ2n) is 3.18. The Labute approximate surface area is 93.2 Å². The molecule has 3 nitrogen and oxygen atoms in total. The number of nitrogens with one attached hydrogen (secondary N) is 1. The van der Waals surface area contributed by atoms with Crippen LogP contribution in [-0.4, -0.2) is 16.5 Å². The maximum absolute atomic E-state index is 4.14. The van der Waals surface area contributed by atoms with E-state index >= 15 is 0 Å². The molecule has 0 aromatic carbocycles. The summed E-state index contributed by atoms with van der Waals surface area (Å²) in [5.74, 6) is 0. The molecule has 0 fully saturated rings. The van der Waals surface area contributed by atoms with Crippen LogP contribution >= 0.6 is 11.3 Å². The van der Waals surface area contributed by atoms with E-state index in [9.17, 15) is 0 Å². The second-order valence-corrected chi connectivity index (χ2v) is 4.10. The molecule has 0 spiro atoms. The molecule has 1 atom stereocenters. The Bertz CT molecular complexity index is 385. The van der Waals surface area contributed by atoms with Crippen LogP contribution < -0.4 is 5.32 Å². The van der Waals surface area contributed by atoms with Gasteiger partial charge in [-0.2, -0.15) is 0 Å². The predicted octanol–water partition coefficient (Wildman–Crippen LogP) is 2.24. The molecule has 0 amide bonds. The first-order valence-electron chi connectivity index (χ1n) is 4.93. The van der Waals surface area contributed by atoms with Crippen LogP contribution in [0, 0.1) is 0 Å². The number of pyridine rings is 1. The maximum atomic E-state index is 4.14. The van der Waals surface area contributed by atoms with Gasteiger partial charge in [-0.05, 0) is 18.2 Å². The summed E-state index contributed by atoms with van der Waals surface area (Å²) in [6.07, 6.45) is 5.59. The van der Waals surface area contributed by atoms with Gasteiger partial charge in [-0.1, -0.05) is 13.0 Å². The van der Waals surface area contributed by atoms with Crippen molar-refractivity contribution in [3.05, 3.63) is 46.7 Å². The lowest BCUT2D eigenvalue weighted by atomic mass is 10.1. The lowest BCUT2D eigenvalue weighted by molar-refractivity contribution is 0.636. The van der Waals surface area contributed by atoms with Gasteiger partial charge in [0.1, 0.15) is 0 Å². The van der Waals surface area contributed by atoms with Crippen molar-refractivity contribution in [1.29, 1.82) is 0 Å². The Kier molecular flexibility index (Phi) is 3.42. The topological polar surface area (TPSA) is 37.8 Å². The zero-order valence-electron chi connectivity index (χ0n) is 8.55. The number of thiazole rings is 1. The number of hydrogen-bond acceptors (Lipinski definition) is 4. The van der Waals surface area contributed by atoms with E-state index < -0.39 is 0 Å². The summed E-state index contributed by atoms with van der Waals surface area (Å²) in [5.41, 5.74) is 3.04. The van der Waals surface area contributed by atoms with Crippen LogP contribution in [0.4, 0.5) is 0 Å². The van der Waals surface area contributed by atoms with Crippen LogP contribution in [0.1, 0.15) is 23.4 Å². The normalized spacial score (nSPS) is 12.6. The third-order valence-electron chi connectivity index (χ3n) is 2.16. The minimum atomic E-state index is 0.219. The van der Waals surface area contributed by atoms with E-state index in [1.807, 2.05) is 24.0 Å². The minimum Gasteiger partial charge on any atom is -0.306 e. The van der Waals surface area contributed by atoms with E-state index in [0.717, 1.165) is 6.54 Å². The van der Waals surface area contributed by atoms with Crippen LogP contribution in [0.25, 0.3) is 0 Å². The molecule has 0 radical (unpaired) electrons. The largest absolute Gasteiger partial charge is 0.306 e. The molecule has 4 heteroatoms. The van der Waals surface area contributed by atoms with E-state index in [0.29, 0.717) is 0 Å². The van der Waals surface area contributed by atoms with E-state index in [-0.39, 0.29) is 6.04 Å². The van der Waals surface area contributed by atoms with Gasteiger partial charge in [0.25, 0.3) is 0 Å². The quantitative estimate of drug-likeness (QED) is 0.857. The molecular formula is C11H13N3S. The van der Waals surface area contributed by atoms with E-state index in [2.05, 4.69) is 28.3 Å². The first-order valence-corrected chi connectivity index (χ1v) is 5.81. The molecular weight excluding hydrogens is 206 g/mol. The second kappa shape index (κ2) is 5.00. The highest BCUT2D eigenvalue weighted by atomic mass is 32.1. The van der Waals surface area contributed by atoms with Crippen molar-refractivity contribution in [3.8, 4) is 0 Å². The average molecular weight is 219 g/mol. The lowest BCUT2D eigenvalue weighted by Crippen LogP contribution is -2.21. The molecule has 0 aliphatic carbocycles. The van der Waals surface area contributed by atoms with Crippen molar-refractivity contribution in [2.24, 2.45) is 0 Å². The van der Waals surface area contributed by atoms with Crippen LogP contribution in [0.2, 0.25) is 0 Å². The van der Waals surface area contributed by atoms with Gasteiger partial charge in [0.2, 0.25) is 0 Å². The molecule has 0 aliphatic heterocycles. The van der Waals surface area contributed by atoms with Crippen molar-refractivity contribution in [2.45, 2.75) is 13.0 Å². The van der Waals surface area contributed by atoms with E-state index in [1.54, 1.807) is 17.5 Å². The van der Waals surface area contributed by atoms with Crippen molar-refractivity contribution < 1.29 is 0 Å². The average Bonchev–Trinajstić information content (AvgIpc) is 2.80. The smallest absolute Gasteiger partial charge is 0.0794 e. The SMILES string of the molecule is CCNC(c1cccnc1)c1cncs1. The molecule has 1 unspecified atom stereocenters. The Morgan fingerprint density at radius 1 is 1.40 bits per heavy atom. The molecule has 15 heavy (non-hydrogen) atoms. The monoisotopic (exact) mass is 219 g/mol. The van der Waals surface area contributed by atoms with Crippen LogP contribution in [0.15, 0.2) is 36.2 Å². The van der Waals surface area contributed by atoms with Crippen LogP contribution in [-0.2, 0) is 0 Å². The summed E-state index contributed by atoms with van der Waals surface area (Å²) in [5, 5.41) is 3.43. The molecule has 2 aromatic rings. The summed E-state index contributed by atoms with van der Waals surface area (Å²) >= 11 is 1.66. The third-order valence-corrected chi connectivity index (χ3v) is 3.00. The summed E-state index contributed by atoms with van der Waals surface area (Å²) in [6, 6.07) is 4.26. The molecule has 1 N–H and O–H groups in total. The van der Waals surface area contributed by atoms with E-state index in [1.165, 1.54) is 10.4 Å². The van der Waals surface area contributed by atoms with Gasteiger partial charge < -0.3 is 5.32 Å². The van der Waals surface area contributed by atoms with Crippen molar-refractivity contribution in [1.82, 2.24) is 15.3 Å². The molecule has 0 bridgehead atoms. The van der Waals surface area contributed by atoms with Gasteiger partial charge in [-0.15, -0.1) is 11.3 Å². The van der Waals surface area contributed by atoms with Gasteiger partial charge in [-0.25, -0.2) is 0 Å². The van der Waals surface area contributed by atoms with Gasteiger partial charge in [0.15, 0.2) is 0 Å². The standard InChI is InChI=1S/C11H13N3S/c1-2-14-11(10-7-13-8-15-10)9-4-3-5-12-6-9/h3-8,11,14H,2H2,1H3. The molecule has 0 saturated heterocycles. The molecule has 78 valence electrons. The Morgan fingerprint density at radius 3 is 2.93 bits per heavy atom. The number of nitrogens with zero attached hydrogens (tertiary/aromatic N) is 2. The summed E-state index contributed by atoms with van der Waals surface area (Å²) in [6.45, 7) is 3.03. The van der Waals surface area contributed by atoms with E-state index in [4.69, 9.17) is 0 Å². The molecule has 2 rings (SSSR count). The molecule has 2 aromatic heterocycles. The van der Waals surface area contributed by atoms with Crippen LogP contribution in [0.5, 0.6) is 0 Å². The molecule has 0 aliphatic rings. The Hall–Kier alpha value is -1.26. The fourth-order valence-electron chi connectivity index (χ4n) is 1.50. The Balaban J connectivity index is 2.28. The summed E-state index contributed by atoms with van der Waals surface area (Å²) in [7, 11) is 0. The predicted molar refractivity (Wildman–Crippen MR) is 61.9 cm³/mol. The number of hydrogen-bond donors (Lipinski definition) is 1. The fourth-order valence-corrected chi connectivity index (χ4v) is 2.22. The van der Waals surface area contributed by atoms with Crippen molar-refractivity contribution >= 4 is 11.3 Å². The van der Waals surface area contributed by atoms with Gasteiger partial charge in [-0.3, -0.25) is 9.97 Å². The summed E-state index contributed by atoms with van der Waals surface area (Å²) in [4.78, 5) is 9.48. The summed E-state index contributed by atoms with van der Waals surface area (Å²) < 4.78 is 0. The number of rotatable bonds is 4. The van der Waals surface area contributed by atoms with Gasteiger partial charge in [0.05, 0.1) is 11.6 Å². The minimum absolute atomic E-state index is 0.219. The first kappa shape index (κ1) is 10.3. The molecule has 2 heterocycles. The highest BCUT2D eigenvalue weighted by Gasteiger charge is 2.13. The van der Waals surface area contributed by atoms with Crippen molar-refractivity contribution in [3.63, 3.8) is 0 Å². The first-order chi connectivity index (χ1) is 7.42. The zero-order valence-corrected chi connectivity index (χ0v) is 9.37.